The van der Waals surface area contributed by atoms with Crippen LogP contribution in [0.15, 0.2) is 24.3 Å². The number of rotatable bonds is 3. The van der Waals surface area contributed by atoms with Crippen LogP contribution in [0.1, 0.15) is 29.4 Å². The van der Waals surface area contributed by atoms with Crippen LogP contribution in [0.4, 0.5) is 4.79 Å². The Kier molecular flexibility index (Phi) is 3.13. The minimum Gasteiger partial charge on any atom is -0.497 e. The molecule has 20 heavy (non-hydrogen) atoms. The Bertz CT molecular complexity index is 579. The quantitative estimate of drug-likeness (QED) is 0.882. The van der Waals surface area contributed by atoms with E-state index in [1.807, 2.05) is 19.9 Å². The van der Waals surface area contributed by atoms with Crippen molar-refractivity contribution in [3.63, 3.8) is 0 Å². The molecule has 1 aliphatic rings. The average Bonchev–Trinajstić information content (AvgIpc) is 2.45. The molecule has 0 aliphatic carbocycles. The van der Waals surface area contributed by atoms with Gasteiger partial charge in [-0.1, -0.05) is 19.1 Å². The molecule has 0 radical (unpaired) electrons. The Morgan fingerprint density at radius 1 is 1.65 bits per heavy atom. The van der Waals surface area contributed by atoms with Crippen molar-refractivity contribution in [3.8, 4) is 5.75 Å². The molecule has 1 saturated heterocycles. The van der Waals surface area contributed by atoms with E-state index >= 15 is 0 Å². The zero-order valence-corrected chi connectivity index (χ0v) is 11.8. The van der Waals surface area contributed by atoms with Crippen LogP contribution < -0.4 is 15.8 Å². The minimum atomic E-state index is -2.49. The summed E-state index contributed by atoms with van der Waals surface area (Å²) in [5.74, 6) is 0.232. The molecule has 0 bridgehead atoms. The van der Waals surface area contributed by atoms with E-state index in [4.69, 9.17) is 14.6 Å². The smallest absolute Gasteiger partial charge is 0.315 e. The maximum absolute atomic E-state index is 11.8. The van der Waals surface area contributed by atoms with E-state index in [-0.39, 0.29) is 11.7 Å². The maximum atomic E-state index is 11.8. The molecule has 2 atom stereocenters. The van der Waals surface area contributed by atoms with Gasteiger partial charge in [0.2, 0.25) is 0 Å². The molecule has 1 heterocycles. The van der Waals surface area contributed by atoms with Gasteiger partial charge in [0.25, 0.3) is 0 Å². The lowest BCUT2D eigenvalue weighted by atomic mass is 9.79. The van der Waals surface area contributed by atoms with Gasteiger partial charge < -0.3 is 20.7 Å². The van der Waals surface area contributed by atoms with E-state index < -0.39 is 18.6 Å². The first kappa shape index (κ1) is 11.0. The Morgan fingerprint density at radius 2 is 2.45 bits per heavy atom. The number of hydrogen-bond acceptors (Lipinski definition) is 3. The summed E-state index contributed by atoms with van der Waals surface area (Å²) in [4.78, 5) is 13.5. The minimum absolute atomic E-state index is 0.0528. The summed E-state index contributed by atoms with van der Waals surface area (Å²) in [5, 5.41) is 3.29. The van der Waals surface area contributed by atoms with E-state index in [0.717, 1.165) is 5.56 Å². The Morgan fingerprint density at radius 3 is 3.15 bits per heavy atom. The lowest BCUT2D eigenvalue weighted by molar-refractivity contribution is 0.0885. The van der Waals surface area contributed by atoms with Gasteiger partial charge in [-0.05, 0) is 24.6 Å². The van der Waals surface area contributed by atoms with Gasteiger partial charge in [0.05, 0.1) is 16.7 Å². The number of nitrogens with zero attached hydrogens (tertiary/aromatic N) is 1. The third kappa shape index (κ3) is 2.58. The number of carbonyl (C=O) groups excluding carboxylic acids is 1. The van der Waals surface area contributed by atoms with Crippen LogP contribution in [0.5, 0.6) is 5.75 Å². The predicted molar refractivity (Wildman–Crippen MR) is 79.0 cm³/mol. The van der Waals surface area contributed by atoms with E-state index in [0.29, 0.717) is 19.6 Å². The van der Waals surface area contributed by atoms with Crippen molar-refractivity contribution in [2.45, 2.75) is 25.3 Å². The van der Waals surface area contributed by atoms with Crippen LogP contribution in [-0.4, -0.2) is 43.1 Å². The largest absolute Gasteiger partial charge is 0.497 e. The number of benzene rings is 1. The number of carbonyl (C=O) groups is 1. The fourth-order valence-corrected chi connectivity index (χ4v) is 2.84. The van der Waals surface area contributed by atoms with Crippen LogP contribution >= 0.6 is 0 Å². The van der Waals surface area contributed by atoms with Crippen molar-refractivity contribution in [1.82, 2.24) is 10.2 Å². The molecular weight excluding hydrogens is 254 g/mol. The summed E-state index contributed by atoms with van der Waals surface area (Å²) in [6.07, 6.45) is 0. The van der Waals surface area contributed by atoms with E-state index in [2.05, 4.69) is 5.32 Å². The summed E-state index contributed by atoms with van der Waals surface area (Å²) < 4.78 is 26.6. The van der Waals surface area contributed by atoms with Crippen molar-refractivity contribution < 1.29 is 13.6 Å². The lowest BCUT2D eigenvalue weighted by Gasteiger charge is -2.48. The molecule has 5 nitrogen and oxygen atoms in total. The number of amides is 2. The van der Waals surface area contributed by atoms with Gasteiger partial charge in [-0.3, -0.25) is 0 Å². The molecule has 2 amide bonds. The molecule has 1 fully saturated rings. The van der Waals surface area contributed by atoms with Crippen LogP contribution in [0, 0.1) is 0 Å². The average molecular weight is 280 g/mol. The van der Waals surface area contributed by atoms with Gasteiger partial charge in [-0.2, -0.15) is 0 Å². The van der Waals surface area contributed by atoms with Gasteiger partial charge in [0.15, 0.2) is 0 Å². The van der Waals surface area contributed by atoms with Gasteiger partial charge in [-0.15, -0.1) is 0 Å². The second-order valence-corrected chi connectivity index (χ2v) is 5.42. The first-order valence-electron chi connectivity index (χ1n) is 8.20. The molecule has 0 aromatic heterocycles. The number of primary amides is 1. The van der Waals surface area contributed by atoms with Gasteiger partial charge in [0, 0.05) is 25.6 Å². The highest BCUT2D eigenvalue weighted by atomic mass is 16.5. The van der Waals surface area contributed by atoms with E-state index in [1.54, 1.807) is 23.1 Å². The SMILES string of the molecule is [2H]C([2H])([2H])Oc1cccc([C@@H](C)C2(C)CNCCN2C(N)=O)c1. The number of methoxy groups -OCH3 is 1. The molecule has 1 aromatic rings. The number of nitrogens with two attached hydrogens (primary N) is 1. The van der Waals surface area contributed by atoms with Gasteiger partial charge in [0.1, 0.15) is 5.75 Å². The molecule has 1 unspecified atom stereocenters. The van der Waals surface area contributed by atoms with Gasteiger partial charge >= 0.3 is 6.03 Å². The summed E-state index contributed by atoms with van der Waals surface area (Å²) in [5.41, 5.74) is 5.93. The maximum Gasteiger partial charge on any atom is 0.315 e. The molecule has 110 valence electrons. The molecule has 3 N–H and O–H groups in total. The molecule has 1 aromatic carbocycles. The normalized spacial score (nSPS) is 27.1. The number of urea groups is 1. The summed E-state index contributed by atoms with van der Waals surface area (Å²) in [6.45, 7) is 5.83. The lowest BCUT2D eigenvalue weighted by Crippen LogP contribution is -2.64. The zero-order valence-electron chi connectivity index (χ0n) is 14.8. The number of nitrogens with one attached hydrogen (secondary N) is 1. The summed E-state index contributed by atoms with van der Waals surface area (Å²) in [7, 11) is -2.49. The van der Waals surface area contributed by atoms with Crippen molar-refractivity contribution in [2.24, 2.45) is 5.73 Å². The topological polar surface area (TPSA) is 67.6 Å². The molecular formula is C15H23N3O2. The van der Waals surface area contributed by atoms with Crippen molar-refractivity contribution in [2.75, 3.05) is 26.7 Å². The zero-order chi connectivity index (χ0) is 17.3. The van der Waals surface area contributed by atoms with Crippen molar-refractivity contribution >= 4 is 6.03 Å². The van der Waals surface area contributed by atoms with Crippen molar-refractivity contribution in [3.05, 3.63) is 29.8 Å². The van der Waals surface area contributed by atoms with Crippen LogP contribution in [-0.2, 0) is 0 Å². The predicted octanol–water partition coefficient (Wildman–Crippen LogP) is 1.54. The second-order valence-electron chi connectivity index (χ2n) is 5.42. The third-order valence-electron chi connectivity index (χ3n) is 4.29. The highest BCUT2D eigenvalue weighted by Crippen LogP contribution is 2.35. The first-order valence-corrected chi connectivity index (χ1v) is 6.70. The monoisotopic (exact) mass is 280 g/mol. The molecule has 0 saturated carbocycles. The van der Waals surface area contributed by atoms with E-state index in [9.17, 15) is 4.79 Å². The van der Waals surface area contributed by atoms with Gasteiger partial charge in [-0.25, -0.2) is 4.79 Å². The van der Waals surface area contributed by atoms with Crippen LogP contribution in [0.2, 0.25) is 0 Å². The standard InChI is InChI=1S/C15H23N3O2/c1-11(12-5-4-6-13(9-12)20-3)15(2)10-17-7-8-18(15)14(16)19/h4-6,9,11,17H,7-8,10H2,1-3H3,(H2,16,19)/t11-,15?/m1/s1/i3D3. The molecule has 5 heteroatoms. The summed E-state index contributed by atoms with van der Waals surface area (Å²) >= 11 is 0. The fourth-order valence-electron chi connectivity index (χ4n) is 2.84. The second kappa shape index (κ2) is 5.71. The molecule has 0 spiro atoms. The number of piperazine rings is 1. The highest BCUT2D eigenvalue weighted by Gasteiger charge is 2.41. The van der Waals surface area contributed by atoms with Crippen LogP contribution in [0.25, 0.3) is 0 Å². The Labute approximate surface area is 124 Å². The highest BCUT2D eigenvalue weighted by molar-refractivity contribution is 5.73. The van der Waals surface area contributed by atoms with E-state index in [1.165, 1.54) is 0 Å². The third-order valence-corrected chi connectivity index (χ3v) is 4.29. The number of ether oxygens (including phenoxy) is 1. The first-order chi connectivity index (χ1) is 10.6. The summed E-state index contributed by atoms with van der Waals surface area (Å²) in [6, 6.07) is 6.51. The fraction of sp³-hybridized carbons (Fsp3) is 0.533. The molecule has 1 aliphatic heterocycles. The Hall–Kier alpha value is -1.75. The molecule has 2 rings (SSSR count). The van der Waals surface area contributed by atoms with Crippen molar-refractivity contribution in [1.29, 1.82) is 0 Å². The number of hydrogen-bond donors (Lipinski definition) is 2. The van der Waals surface area contributed by atoms with Crippen LogP contribution in [0.3, 0.4) is 0 Å². The Balaban J connectivity index is 2.29.